The number of anilines is 1. The number of aromatic nitrogens is 4. The van der Waals surface area contributed by atoms with E-state index in [1.165, 1.54) is 4.68 Å². The molecule has 9 nitrogen and oxygen atoms in total. The molecule has 9 heteroatoms. The second kappa shape index (κ2) is 7.51. The van der Waals surface area contributed by atoms with E-state index in [9.17, 15) is 9.59 Å². The molecule has 0 radical (unpaired) electrons. The summed E-state index contributed by atoms with van der Waals surface area (Å²) in [6.07, 6.45) is 6.94. The number of carbonyl (C=O) groups excluding carboxylic acids is 2. The van der Waals surface area contributed by atoms with Gasteiger partial charge in [-0.1, -0.05) is 0 Å². The van der Waals surface area contributed by atoms with Crippen molar-refractivity contribution in [1.29, 1.82) is 0 Å². The Morgan fingerprint density at radius 1 is 1.30 bits per heavy atom. The van der Waals surface area contributed by atoms with Crippen LogP contribution in [0.4, 0.5) is 5.69 Å². The Hall–Kier alpha value is -2.68. The highest BCUT2D eigenvalue weighted by molar-refractivity contribution is 5.93. The zero-order valence-corrected chi connectivity index (χ0v) is 16.1. The minimum Gasteiger partial charge on any atom is -0.464 e. The van der Waals surface area contributed by atoms with Gasteiger partial charge in [-0.05, 0) is 26.3 Å². The molecule has 1 saturated heterocycles. The van der Waals surface area contributed by atoms with E-state index in [0.29, 0.717) is 18.8 Å². The van der Waals surface area contributed by atoms with Crippen LogP contribution in [-0.4, -0.2) is 51.1 Å². The van der Waals surface area contributed by atoms with Gasteiger partial charge in [-0.3, -0.25) is 14.2 Å². The third-order valence-corrected chi connectivity index (χ3v) is 4.90. The van der Waals surface area contributed by atoms with Crippen LogP contribution in [0.2, 0.25) is 0 Å². The van der Waals surface area contributed by atoms with Gasteiger partial charge in [0.2, 0.25) is 5.91 Å². The fraction of sp³-hybridized carbons (Fsp3) is 0.556. The molecule has 2 N–H and O–H groups in total. The largest absolute Gasteiger partial charge is 0.464 e. The number of nitrogens with one attached hydrogen (secondary N) is 2. The van der Waals surface area contributed by atoms with Gasteiger partial charge in [-0.25, -0.2) is 4.79 Å². The number of nitrogens with zero attached hydrogens (tertiary/aromatic N) is 4. The Morgan fingerprint density at radius 3 is 2.74 bits per heavy atom. The van der Waals surface area contributed by atoms with Crippen molar-refractivity contribution in [1.82, 2.24) is 24.9 Å². The van der Waals surface area contributed by atoms with Crippen molar-refractivity contribution in [3.63, 3.8) is 0 Å². The first kappa shape index (κ1) is 19.1. The van der Waals surface area contributed by atoms with E-state index in [1.807, 2.05) is 13.2 Å². The SMILES string of the molecule is CCOC(=O)C(C)(C)n1cc(NC(=O)[C@H]2CNC[C@@H]2c2cnn(C)c2)cn1. The summed E-state index contributed by atoms with van der Waals surface area (Å²) in [6.45, 7) is 6.85. The molecule has 0 spiro atoms. The first-order valence-electron chi connectivity index (χ1n) is 9.05. The van der Waals surface area contributed by atoms with Crippen LogP contribution in [0.3, 0.4) is 0 Å². The lowest BCUT2D eigenvalue weighted by atomic mass is 9.90. The van der Waals surface area contributed by atoms with Gasteiger partial charge in [0.05, 0.1) is 30.6 Å². The lowest BCUT2D eigenvalue weighted by Crippen LogP contribution is -2.37. The van der Waals surface area contributed by atoms with E-state index in [1.54, 1.807) is 44.0 Å². The van der Waals surface area contributed by atoms with Gasteiger partial charge in [0.1, 0.15) is 0 Å². The third-order valence-electron chi connectivity index (χ3n) is 4.90. The fourth-order valence-corrected chi connectivity index (χ4v) is 3.27. The number of aryl methyl sites for hydroxylation is 1. The maximum Gasteiger partial charge on any atom is 0.333 e. The molecule has 0 saturated carbocycles. The third kappa shape index (κ3) is 3.87. The molecule has 1 aliphatic heterocycles. The van der Waals surface area contributed by atoms with E-state index in [0.717, 1.165) is 12.1 Å². The smallest absolute Gasteiger partial charge is 0.333 e. The molecule has 2 aromatic rings. The second-order valence-corrected chi connectivity index (χ2v) is 7.26. The van der Waals surface area contributed by atoms with Crippen molar-refractivity contribution in [2.45, 2.75) is 32.2 Å². The maximum atomic E-state index is 12.8. The molecule has 1 amide bonds. The van der Waals surface area contributed by atoms with Crippen LogP contribution in [0.15, 0.2) is 24.8 Å². The summed E-state index contributed by atoms with van der Waals surface area (Å²) in [5.41, 5.74) is 0.641. The van der Waals surface area contributed by atoms with Crippen LogP contribution in [-0.2, 0) is 26.9 Å². The summed E-state index contributed by atoms with van der Waals surface area (Å²) in [5, 5.41) is 14.6. The zero-order chi connectivity index (χ0) is 19.6. The Balaban J connectivity index is 1.69. The minimum atomic E-state index is -0.952. The Kier molecular flexibility index (Phi) is 5.31. The van der Waals surface area contributed by atoms with Crippen LogP contribution in [0.25, 0.3) is 0 Å². The van der Waals surface area contributed by atoms with Gasteiger partial charge in [0.15, 0.2) is 5.54 Å². The number of esters is 1. The summed E-state index contributed by atoms with van der Waals surface area (Å²) in [6, 6.07) is 0. The highest BCUT2D eigenvalue weighted by atomic mass is 16.5. The van der Waals surface area contributed by atoms with Gasteiger partial charge in [-0.15, -0.1) is 0 Å². The molecule has 1 aliphatic rings. The molecule has 1 fully saturated rings. The molecule has 0 aromatic carbocycles. The lowest BCUT2D eigenvalue weighted by Gasteiger charge is -2.22. The number of hydrogen-bond acceptors (Lipinski definition) is 6. The monoisotopic (exact) mass is 374 g/mol. The lowest BCUT2D eigenvalue weighted by molar-refractivity contribution is -0.152. The van der Waals surface area contributed by atoms with Gasteiger partial charge in [0.25, 0.3) is 0 Å². The van der Waals surface area contributed by atoms with Crippen LogP contribution in [0.5, 0.6) is 0 Å². The van der Waals surface area contributed by atoms with Crippen molar-refractivity contribution in [2.75, 3.05) is 25.0 Å². The number of rotatable bonds is 6. The van der Waals surface area contributed by atoms with Crippen LogP contribution in [0.1, 0.15) is 32.3 Å². The van der Waals surface area contributed by atoms with Gasteiger partial charge < -0.3 is 15.4 Å². The Labute approximate surface area is 158 Å². The first-order chi connectivity index (χ1) is 12.8. The predicted molar refractivity (Wildman–Crippen MR) is 99.1 cm³/mol. The number of hydrogen-bond donors (Lipinski definition) is 2. The van der Waals surface area contributed by atoms with Crippen molar-refractivity contribution in [2.24, 2.45) is 13.0 Å². The molecule has 0 unspecified atom stereocenters. The predicted octanol–water partition coefficient (Wildman–Crippen LogP) is 0.857. The number of carbonyl (C=O) groups is 2. The highest BCUT2D eigenvalue weighted by Gasteiger charge is 2.36. The molecular weight excluding hydrogens is 348 g/mol. The fourth-order valence-electron chi connectivity index (χ4n) is 3.27. The van der Waals surface area contributed by atoms with E-state index in [2.05, 4.69) is 20.8 Å². The quantitative estimate of drug-likeness (QED) is 0.727. The van der Waals surface area contributed by atoms with Crippen molar-refractivity contribution in [3.8, 4) is 0 Å². The molecule has 3 rings (SSSR count). The molecule has 146 valence electrons. The van der Waals surface area contributed by atoms with E-state index < -0.39 is 5.54 Å². The normalized spacial score (nSPS) is 19.9. The average molecular weight is 374 g/mol. The van der Waals surface area contributed by atoms with Crippen molar-refractivity contribution < 1.29 is 14.3 Å². The average Bonchev–Trinajstić information content (AvgIpc) is 3.34. The van der Waals surface area contributed by atoms with Crippen molar-refractivity contribution in [3.05, 3.63) is 30.4 Å². The summed E-state index contributed by atoms with van der Waals surface area (Å²) >= 11 is 0. The van der Waals surface area contributed by atoms with Gasteiger partial charge >= 0.3 is 5.97 Å². The number of ether oxygens (including phenoxy) is 1. The minimum absolute atomic E-state index is 0.0738. The summed E-state index contributed by atoms with van der Waals surface area (Å²) < 4.78 is 8.34. The van der Waals surface area contributed by atoms with Crippen LogP contribution < -0.4 is 10.6 Å². The summed E-state index contributed by atoms with van der Waals surface area (Å²) in [5.74, 6) is -0.578. The molecule has 2 atom stereocenters. The van der Waals surface area contributed by atoms with E-state index in [4.69, 9.17) is 4.74 Å². The maximum absolute atomic E-state index is 12.8. The summed E-state index contributed by atoms with van der Waals surface area (Å²) in [4.78, 5) is 24.9. The van der Waals surface area contributed by atoms with Crippen LogP contribution in [0, 0.1) is 5.92 Å². The van der Waals surface area contributed by atoms with E-state index >= 15 is 0 Å². The molecule has 2 aromatic heterocycles. The van der Waals surface area contributed by atoms with Crippen molar-refractivity contribution >= 4 is 17.6 Å². The Bertz CT molecular complexity index is 825. The molecular formula is C18H26N6O3. The topological polar surface area (TPSA) is 103 Å². The van der Waals surface area contributed by atoms with Crippen LogP contribution >= 0.6 is 0 Å². The standard InChI is InChI=1S/C18H26N6O3/c1-5-27-17(26)18(2,3)24-11-13(7-21-24)22-16(25)15-9-19-8-14(15)12-6-20-23(4)10-12/h6-7,10-11,14-15,19H,5,8-9H2,1-4H3,(H,22,25)/t14-,15+/m1/s1. The highest BCUT2D eigenvalue weighted by Crippen LogP contribution is 2.29. The second-order valence-electron chi connectivity index (χ2n) is 7.26. The number of amides is 1. The molecule has 27 heavy (non-hydrogen) atoms. The van der Waals surface area contributed by atoms with E-state index in [-0.39, 0.29) is 23.7 Å². The molecule has 3 heterocycles. The van der Waals surface area contributed by atoms with Gasteiger partial charge in [0, 0.05) is 38.4 Å². The Morgan fingerprint density at radius 2 is 2.07 bits per heavy atom. The first-order valence-corrected chi connectivity index (χ1v) is 9.05. The zero-order valence-electron chi connectivity index (χ0n) is 16.1. The molecule has 0 aliphatic carbocycles. The van der Waals surface area contributed by atoms with Gasteiger partial charge in [-0.2, -0.15) is 10.2 Å². The molecule has 0 bridgehead atoms. The summed E-state index contributed by atoms with van der Waals surface area (Å²) in [7, 11) is 1.86.